The van der Waals surface area contributed by atoms with Gasteiger partial charge in [-0.1, -0.05) is 0 Å². The molecule has 0 rings (SSSR count). The Labute approximate surface area is 75.3 Å². The Bertz CT molecular complexity index is 94.3. The number of nitrogens with zero attached hydrogens (tertiary/aromatic N) is 2. The highest BCUT2D eigenvalue weighted by molar-refractivity contribution is 5.45. The van der Waals surface area contributed by atoms with Gasteiger partial charge in [-0.15, -0.1) is 0 Å². The fourth-order valence-corrected chi connectivity index (χ4v) is 0.408. The Morgan fingerprint density at radius 3 is 1.75 bits per heavy atom. The molecule has 0 aliphatic rings. The van der Waals surface area contributed by atoms with Gasteiger partial charge in [-0.05, 0) is 33.6 Å². The van der Waals surface area contributed by atoms with Crippen molar-refractivity contribution < 1.29 is 4.79 Å². The first-order chi connectivity index (χ1) is 5.54. The van der Waals surface area contributed by atoms with E-state index in [9.17, 15) is 4.79 Å². The highest BCUT2D eigenvalue weighted by atomic mass is 16.1. The van der Waals surface area contributed by atoms with E-state index in [0.29, 0.717) is 0 Å². The summed E-state index contributed by atoms with van der Waals surface area (Å²) >= 11 is 0. The molecule has 4 heteroatoms. The molecule has 0 saturated carbocycles. The zero-order valence-electron chi connectivity index (χ0n) is 8.58. The first-order valence-corrected chi connectivity index (χ1v) is 4.01. The molecule has 1 amide bonds. The van der Waals surface area contributed by atoms with Crippen LogP contribution in [0, 0.1) is 0 Å². The van der Waals surface area contributed by atoms with Crippen molar-refractivity contribution in [3.8, 4) is 0 Å². The van der Waals surface area contributed by atoms with Gasteiger partial charge in [0.15, 0.2) is 0 Å². The lowest BCUT2D eigenvalue weighted by atomic mass is 10.4. The molecule has 0 unspecified atom stereocenters. The van der Waals surface area contributed by atoms with Crippen LogP contribution in [0.25, 0.3) is 0 Å². The van der Waals surface area contributed by atoms with Crippen LogP contribution in [0.2, 0.25) is 0 Å². The predicted octanol–water partition coefficient (Wildman–Crippen LogP) is -0.399. The van der Waals surface area contributed by atoms with Crippen molar-refractivity contribution in [2.45, 2.75) is 6.42 Å². The van der Waals surface area contributed by atoms with Crippen LogP contribution in [0.3, 0.4) is 0 Å². The Morgan fingerprint density at radius 2 is 1.67 bits per heavy atom. The van der Waals surface area contributed by atoms with E-state index in [1.165, 1.54) is 4.90 Å². The Hall–Kier alpha value is -0.610. The SMILES string of the molecule is CN(C)C=O.CN(C)CCCN. The zero-order chi connectivity index (χ0) is 9.98. The third-order valence-electron chi connectivity index (χ3n) is 1.02. The van der Waals surface area contributed by atoms with Crippen LogP contribution in [0.4, 0.5) is 0 Å². The van der Waals surface area contributed by atoms with Crippen LogP contribution in [-0.4, -0.2) is 57.5 Å². The van der Waals surface area contributed by atoms with Crippen LogP contribution in [0.15, 0.2) is 0 Å². The molecule has 0 bridgehead atoms. The molecule has 0 radical (unpaired) electrons. The molecule has 0 heterocycles. The minimum atomic E-state index is 0.750. The van der Waals surface area contributed by atoms with E-state index in [4.69, 9.17) is 5.73 Å². The van der Waals surface area contributed by atoms with Crippen molar-refractivity contribution in [3.63, 3.8) is 0 Å². The van der Waals surface area contributed by atoms with Gasteiger partial charge in [0, 0.05) is 14.1 Å². The van der Waals surface area contributed by atoms with Gasteiger partial charge < -0.3 is 15.5 Å². The van der Waals surface area contributed by atoms with Gasteiger partial charge in [-0.2, -0.15) is 0 Å². The number of rotatable bonds is 4. The van der Waals surface area contributed by atoms with Crippen LogP contribution >= 0.6 is 0 Å². The Morgan fingerprint density at radius 1 is 1.25 bits per heavy atom. The number of carbonyl (C=O) groups is 1. The molecule has 0 aliphatic carbocycles. The predicted molar refractivity (Wildman–Crippen MR) is 52.0 cm³/mol. The Balaban J connectivity index is 0. The molecule has 0 fully saturated rings. The minimum absolute atomic E-state index is 0.750. The monoisotopic (exact) mass is 175 g/mol. The van der Waals surface area contributed by atoms with E-state index in [-0.39, 0.29) is 0 Å². The van der Waals surface area contributed by atoms with Crippen molar-refractivity contribution in [3.05, 3.63) is 0 Å². The van der Waals surface area contributed by atoms with Gasteiger partial charge in [-0.25, -0.2) is 0 Å². The smallest absolute Gasteiger partial charge is 0.209 e. The van der Waals surface area contributed by atoms with E-state index in [1.807, 2.05) is 0 Å². The second kappa shape index (κ2) is 10.4. The topological polar surface area (TPSA) is 49.6 Å². The molecule has 2 N–H and O–H groups in total. The first kappa shape index (κ1) is 13.9. The number of hydrogen-bond acceptors (Lipinski definition) is 3. The summed E-state index contributed by atoms with van der Waals surface area (Å²) in [5.41, 5.74) is 5.25. The molecule has 4 nitrogen and oxygen atoms in total. The molecular weight excluding hydrogens is 154 g/mol. The molecule has 0 aliphatic heterocycles. The van der Waals surface area contributed by atoms with Crippen molar-refractivity contribution in [2.24, 2.45) is 5.73 Å². The van der Waals surface area contributed by atoms with Gasteiger partial charge in [0.2, 0.25) is 6.41 Å². The summed E-state index contributed by atoms with van der Waals surface area (Å²) < 4.78 is 0. The van der Waals surface area contributed by atoms with Gasteiger partial charge >= 0.3 is 0 Å². The number of hydrogen-bond donors (Lipinski definition) is 1. The third-order valence-corrected chi connectivity index (χ3v) is 1.02. The standard InChI is InChI=1S/C5H14N2.C3H7NO/c1-7(2)5-3-4-6;1-4(2)3-5/h3-6H2,1-2H3;3H,1-2H3. The van der Waals surface area contributed by atoms with Gasteiger partial charge in [-0.3, -0.25) is 4.79 Å². The zero-order valence-corrected chi connectivity index (χ0v) is 8.58. The van der Waals surface area contributed by atoms with Crippen LogP contribution < -0.4 is 5.73 Å². The van der Waals surface area contributed by atoms with Gasteiger partial charge in [0.05, 0.1) is 0 Å². The van der Waals surface area contributed by atoms with Crippen LogP contribution in [0.1, 0.15) is 6.42 Å². The summed E-state index contributed by atoms with van der Waals surface area (Å²) in [5, 5.41) is 0. The summed E-state index contributed by atoms with van der Waals surface area (Å²) in [5.74, 6) is 0. The quantitative estimate of drug-likeness (QED) is 0.592. The van der Waals surface area contributed by atoms with Crippen molar-refractivity contribution in [1.82, 2.24) is 9.80 Å². The number of carbonyl (C=O) groups excluding carboxylic acids is 1. The van der Waals surface area contributed by atoms with Gasteiger partial charge in [0.1, 0.15) is 0 Å². The fraction of sp³-hybridized carbons (Fsp3) is 0.875. The molecule has 0 atom stereocenters. The van der Waals surface area contributed by atoms with E-state index in [1.54, 1.807) is 14.1 Å². The molecule has 12 heavy (non-hydrogen) atoms. The summed E-state index contributed by atoms with van der Waals surface area (Å²) in [6.45, 7) is 1.91. The number of amides is 1. The van der Waals surface area contributed by atoms with Crippen molar-refractivity contribution in [1.29, 1.82) is 0 Å². The second-order valence-electron chi connectivity index (χ2n) is 3.01. The summed E-state index contributed by atoms with van der Waals surface area (Å²) in [7, 11) is 7.48. The minimum Gasteiger partial charge on any atom is -0.351 e. The van der Waals surface area contributed by atoms with Crippen LogP contribution in [-0.2, 0) is 4.79 Å². The maximum Gasteiger partial charge on any atom is 0.209 e. The largest absolute Gasteiger partial charge is 0.351 e. The number of nitrogens with two attached hydrogens (primary N) is 1. The lowest BCUT2D eigenvalue weighted by Gasteiger charge is -2.05. The third kappa shape index (κ3) is 22.8. The van der Waals surface area contributed by atoms with Crippen LogP contribution in [0.5, 0.6) is 0 Å². The molecule has 0 saturated heterocycles. The Kier molecular flexibility index (Phi) is 12.1. The summed E-state index contributed by atoms with van der Waals surface area (Å²) in [4.78, 5) is 13.0. The second-order valence-corrected chi connectivity index (χ2v) is 3.01. The maximum absolute atomic E-state index is 9.43. The lowest BCUT2D eigenvalue weighted by Crippen LogP contribution is -2.16. The average molecular weight is 175 g/mol. The van der Waals surface area contributed by atoms with Crippen molar-refractivity contribution >= 4 is 6.41 Å². The highest BCUT2D eigenvalue weighted by Gasteiger charge is 1.83. The van der Waals surface area contributed by atoms with E-state index < -0.39 is 0 Å². The highest BCUT2D eigenvalue weighted by Crippen LogP contribution is 1.76. The van der Waals surface area contributed by atoms with Gasteiger partial charge in [0.25, 0.3) is 0 Å². The first-order valence-electron chi connectivity index (χ1n) is 4.01. The lowest BCUT2D eigenvalue weighted by molar-refractivity contribution is -0.115. The summed E-state index contributed by atoms with van der Waals surface area (Å²) in [6, 6.07) is 0. The van der Waals surface area contributed by atoms with E-state index in [0.717, 1.165) is 25.9 Å². The molecular formula is C8H21N3O. The van der Waals surface area contributed by atoms with E-state index >= 15 is 0 Å². The van der Waals surface area contributed by atoms with Crippen molar-refractivity contribution in [2.75, 3.05) is 41.3 Å². The molecule has 0 aromatic heterocycles. The maximum atomic E-state index is 9.43. The van der Waals surface area contributed by atoms with E-state index in [2.05, 4.69) is 19.0 Å². The molecule has 0 aromatic carbocycles. The molecule has 74 valence electrons. The summed E-state index contributed by atoms with van der Waals surface area (Å²) in [6.07, 6.45) is 1.85. The normalized spacial score (nSPS) is 8.83. The fourth-order valence-electron chi connectivity index (χ4n) is 0.408. The molecule has 0 aromatic rings. The average Bonchev–Trinajstić information content (AvgIpc) is 2.02. The molecule has 0 spiro atoms.